The molecule has 0 radical (unpaired) electrons. The molecule has 1 aliphatic rings. The minimum absolute atomic E-state index is 0.121. The first-order valence-electron chi connectivity index (χ1n) is 9.48. The molecule has 0 aliphatic carbocycles. The molecule has 28 heavy (non-hydrogen) atoms. The molecule has 3 nitrogen and oxygen atoms in total. The van der Waals surface area contributed by atoms with Gasteiger partial charge in [-0.2, -0.15) is 0 Å². The molecule has 1 heterocycles. The Morgan fingerprint density at radius 1 is 0.821 bits per heavy atom. The fraction of sp³-hybridized carbons (Fsp3) is 0.250. The van der Waals surface area contributed by atoms with Crippen molar-refractivity contribution in [1.82, 2.24) is 0 Å². The Morgan fingerprint density at radius 2 is 1.25 bits per heavy atom. The van der Waals surface area contributed by atoms with E-state index in [1.807, 2.05) is 91.0 Å². The predicted octanol–water partition coefficient (Wildman–Crippen LogP) is 4.44. The molecule has 4 heteroatoms. The summed E-state index contributed by atoms with van der Waals surface area (Å²) in [4.78, 5) is 0. The highest BCUT2D eigenvalue weighted by Crippen LogP contribution is 2.41. The van der Waals surface area contributed by atoms with Gasteiger partial charge in [0.15, 0.2) is 12.5 Å². The average Bonchev–Trinajstić information content (AvgIpc) is 3.08. The van der Waals surface area contributed by atoms with E-state index in [1.165, 1.54) is 0 Å². The molecule has 3 aromatic rings. The van der Waals surface area contributed by atoms with Crippen LogP contribution in [0.25, 0.3) is 0 Å². The van der Waals surface area contributed by atoms with Gasteiger partial charge in [-0.15, -0.1) is 0 Å². The van der Waals surface area contributed by atoms with E-state index >= 15 is 0 Å². The third-order valence-electron chi connectivity index (χ3n) is 5.16. The Balaban J connectivity index is 1.79. The van der Waals surface area contributed by atoms with Crippen LogP contribution >= 0.6 is 0 Å². The number of alkyl halides is 1. The van der Waals surface area contributed by atoms with Gasteiger partial charge in [0.2, 0.25) is 0 Å². The molecule has 0 spiro atoms. The van der Waals surface area contributed by atoms with Crippen LogP contribution in [0.15, 0.2) is 91.0 Å². The van der Waals surface area contributed by atoms with Crippen LogP contribution in [0.1, 0.15) is 23.1 Å². The minimum atomic E-state index is -1.38. The number of benzene rings is 3. The summed E-state index contributed by atoms with van der Waals surface area (Å²) in [6.45, 7) is 0.163. The topological polar surface area (TPSA) is 38.7 Å². The van der Waals surface area contributed by atoms with Crippen molar-refractivity contribution in [2.45, 2.75) is 30.6 Å². The normalized spacial score (nSPS) is 22.3. The average molecular weight is 378 g/mol. The Morgan fingerprint density at radius 3 is 1.61 bits per heavy atom. The lowest BCUT2D eigenvalue weighted by Crippen LogP contribution is -2.35. The molecule has 4 rings (SSSR count). The Kier molecular flexibility index (Phi) is 5.53. The number of ether oxygens (including phenoxy) is 2. The van der Waals surface area contributed by atoms with Crippen molar-refractivity contribution < 1.29 is 19.0 Å². The first-order valence-corrected chi connectivity index (χ1v) is 9.48. The summed E-state index contributed by atoms with van der Waals surface area (Å²) in [7, 11) is 0. The highest BCUT2D eigenvalue weighted by molar-refractivity contribution is 5.47. The summed E-state index contributed by atoms with van der Waals surface area (Å²) in [5.41, 5.74) is 2.06. The number of hydrogen-bond donors (Lipinski definition) is 1. The van der Waals surface area contributed by atoms with Gasteiger partial charge in [0.05, 0.1) is 12.7 Å². The Labute approximate surface area is 164 Å². The third-order valence-corrected chi connectivity index (χ3v) is 5.16. The molecule has 0 unspecified atom stereocenters. The lowest BCUT2D eigenvalue weighted by molar-refractivity contribution is -0.135. The van der Waals surface area contributed by atoms with Crippen molar-refractivity contribution in [3.8, 4) is 0 Å². The summed E-state index contributed by atoms with van der Waals surface area (Å²) in [6, 6.07) is 30.0. The van der Waals surface area contributed by atoms with Crippen LogP contribution in [0.4, 0.5) is 4.39 Å². The van der Waals surface area contributed by atoms with E-state index in [2.05, 4.69) is 0 Å². The summed E-state index contributed by atoms with van der Waals surface area (Å²) < 4.78 is 25.6. The van der Waals surface area contributed by atoms with E-state index in [0.29, 0.717) is 0 Å². The molecular formula is C24H23FO3. The fourth-order valence-electron chi connectivity index (χ4n) is 3.80. The fourth-order valence-corrected chi connectivity index (χ4v) is 3.80. The zero-order valence-corrected chi connectivity index (χ0v) is 15.4. The van der Waals surface area contributed by atoms with Crippen molar-refractivity contribution in [3.63, 3.8) is 0 Å². The van der Waals surface area contributed by atoms with Gasteiger partial charge in [-0.3, -0.25) is 0 Å². The van der Waals surface area contributed by atoms with Crippen LogP contribution in [0, 0.1) is 0 Å². The van der Waals surface area contributed by atoms with Crippen molar-refractivity contribution in [2.75, 3.05) is 6.61 Å². The maximum Gasteiger partial charge on any atom is 0.186 e. The van der Waals surface area contributed by atoms with Gasteiger partial charge in [0.1, 0.15) is 5.60 Å². The standard InChI is InChI=1S/C24H23FO3/c25-22-16-21(28-23(22)26)17-27-24(18-10-4-1-5-11-18,19-12-6-2-7-13-19)20-14-8-3-9-15-20/h1-15,21-23,26H,16-17H2/t21-,22-,23-/m0/s1. The smallest absolute Gasteiger partial charge is 0.186 e. The van der Waals surface area contributed by atoms with Crippen LogP contribution in [-0.2, 0) is 15.1 Å². The second-order valence-corrected chi connectivity index (χ2v) is 6.99. The lowest BCUT2D eigenvalue weighted by Gasteiger charge is -2.36. The Hall–Kier alpha value is -2.53. The minimum Gasteiger partial charge on any atom is -0.366 e. The molecule has 3 aromatic carbocycles. The quantitative estimate of drug-likeness (QED) is 0.645. The van der Waals surface area contributed by atoms with Crippen molar-refractivity contribution in [2.24, 2.45) is 0 Å². The third kappa shape index (κ3) is 3.59. The molecule has 0 amide bonds. The van der Waals surface area contributed by atoms with Crippen LogP contribution in [-0.4, -0.2) is 30.3 Å². The summed E-state index contributed by atoms with van der Waals surface area (Å²) in [6.07, 6.45) is -3.14. The SMILES string of the molecule is O[C@H]1O[C@H](COC(c2ccccc2)(c2ccccc2)c2ccccc2)C[C@@H]1F. The first kappa shape index (κ1) is 18.8. The molecule has 144 valence electrons. The molecule has 1 fully saturated rings. The first-order chi connectivity index (χ1) is 13.7. The van der Waals surface area contributed by atoms with E-state index in [4.69, 9.17) is 9.47 Å². The van der Waals surface area contributed by atoms with E-state index in [0.717, 1.165) is 16.7 Å². The molecular weight excluding hydrogens is 355 g/mol. The van der Waals surface area contributed by atoms with Crippen molar-refractivity contribution >= 4 is 0 Å². The highest BCUT2D eigenvalue weighted by atomic mass is 19.1. The van der Waals surface area contributed by atoms with E-state index in [9.17, 15) is 9.50 Å². The van der Waals surface area contributed by atoms with Gasteiger partial charge < -0.3 is 14.6 Å². The monoisotopic (exact) mass is 378 g/mol. The number of aliphatic hydroxyl groups is 1. The number of hydrogen-bond acceptors (Lipinski definition) is 3. The molecule has 0 saturated carbocycles. The lowest BCUT2D eigenvalue weighted by atomic mass is 9.80. The van der Waals surface area contributed by atoms with Gasteiger partial charge in [0.25, 0.3) is 0 Å². The molecule has 0 bridgehead atoms. The summed E-state index contributed by atoms with van der Waals surface area (Å²) in [5.74, 6) is 0. The van der Waals surface area contributed by atoms with E-state index in [1.54, 1.807) is 0 Å². The van der Waals surface area contributed by atoms with Crippen molar-refractivity contribution in [1.29, 1.82) is 0 Å². The van der Waals surface area contributed by atoms with Gasteiger partial charge in [-0.05, 0) is 16.7 Å². The van der Waals surface area contributed by atoms with Crippen LogP contribution in [0.3, 0.4) is 0 Å². The van der Waals surface area contributed by atoms with Gasteiger partial charge in [-0.25, -0.2) is 4.39 Å². The molecule has 1 N–H and O–H groups in total. The highest BCUT2D eigenvalue weighted by Gasteiger charge is 2.40. The maximum absolute atomic E-state index is 13.7. The van der Waals surface area contributed by atoms with Crippen molar-refractivity contribution in [3.05, 3.63) is 108 Å². The molecule has 0 aromatic heterocycles. The number of halogens is 1. The maximum atomic E-state index is 13.7. The number of rotatable bonds is 6. The zero-order chi connectivity index (χ0) is 19.4. The van der Waals surface area contributed by atoms with Crippen LogP contribution in [0.2, 0.25) is 0 Å². The number of aliphatic hydroxyl groups excluding tert-OH is 1. The summed E-state index contributed by atoms with van der Waals surface area (Å²) >= 11 is 0. The zero-order valence-electron chi connectivity index (χ0n) is 15.4. The van der Waals surface area contributed by atoms with Crippen LogP contribution < -0.4 is 0 Å². The summed E-state index contributed by atoms with van der Waals surface area (Å²) in [5, 5.41) is 9.60. The van der Waals surface area contributed by atoms with Crippen LogP contribution in [0.5, 0.6) is 0 Å². The van der Waals surface area contributed by atoms with Gasteiger partial charge in [0, 0.05) is 6.42 Å². The second-order valence-electron chi connectivity index (χ2n) is 6.99. The van der Waals surface area contributed by atoms with Gasteiger partial charge in [-0.1, -0.05) is 91.0 Å². The second kappa shape index (κ2) is 8.23. The van der Waals surface area contributed by atoms with E-state index < -0.39 is 24.2 Å². The Bertz CT molecular complexity index is 763. The van der Waals surface area contributed by atoms with Gasteiger partial charge >= 0.3 is 0 Å². The molecule has 1 aliphatic heterocycles. The predicted molar refractivity (Wildman–Crippen MR) is 106 cm³/mol. The molecule has 1 saturated heterocycles. The molecule has 3 atom stereocenters. The van der Waals surface area contributed by atoms with E-state index in [-0.39, 0.29) is 13.0 Å². The largest absolute Gasteiger partial charge is 0.366 e.